The van der Waals surface area contributed by atoms with Gasteiger partial charge in [0.1, 0.15) is 5.82 Å². The summed E-state index contributed by atoms with van der Waals surface area (Å²) in [5, 5.41) is 0. The lowest BCUT2D eigenvalue weighted by molar-refractivity contribution is 0.115. The first-order chi connectivity index (χ1) is 8.75. The largest absolute Gasteiger partial charge is 0.398 e. The van der Waals surface area contributed by atoms with Gasteiger partial charge in [-0.1, -0.05) is 45.1 Å². The highest BCUT2D eigenvalue weighted by Gasteiger charge is 2.05. The average molecular weight is 253 g/mol. The Morgan fingerprint density at radius 2 is 1.83 bits per heavy atom. The average Bonchev–Trinajstić information content (AvgIpc) is 2.35. The van der Waals surface area contributed by atoms with Crippen LogP contribution in [0.4, 0.5) is 10.1 Å². The Kier molecular flexibility index (Phi) is 7.42. The van der Waals surface area contributed by atoms with E-state index >= 15 is 0 Å². The predicted molar refractivity (Wildman–Crippen MR) is 73.8 cm³/mol. The first-order valence-corrected chi connectivity index (χ1v) is 6.86. The smallest absolute Gasteiger partial charge is 0.130 e. The minimum Gasteiger partial charge on any atom is -0.398 e. The van der Waals surface area contributed by atoms with Crippen molar-refractivity contribution in [2.45, 2.75) is 52.1 Å². The molecule has 1 rings (SSSR count). The van der Waals surface area contributed by atoms with Gasteiger partial charge in [-0.2, -0.15) is 0 Å². The fourth-order valence-electron chi connectivity index (χ4n) is 1.89. The Morgan fingerprint density at radius 3 is 2.56 bits per heavy atom. The van der Waals surface area contributed by atoms with E-state index in [0.29, 0.717) is 17.9 Å². The summed E-state index contributed by atoms with van der Waals surface area (Å²) in [5.41, 5.74) is 6.64. The lowest BCUT2D eigenvalue weighted by Crippen LogP contribution is -2.02. The highest BCUT2D eigenvalue weighted by molar-refractivity contribution is 5.46. The molecule has 0 radical (unpaired) electrons. The molecule has 0 spiro atoms. The molecule has 18 heavy (non-hydrogen) atoms. The standard InChI is InChI=1S/C15H24FNO/c1-2-3-4-5-6-7-11-18-12-13-14(16)9-8-10-15(13)17/h8-10H,2-7,11-12,17H2,1H3. The first-order valence-electron chi connectivity index (χ1n) is 6.86. The minimum atomic E-state index is -0.280. The maximum atomic E-state index is 13.4. The minimum absolute atomic E-state index is 0.271. The monoisotopic (exact) mass is 253 g/mol. The molecule has 102 valence electrons. The maximum absolute atomic E-state index is 13.4. The van der Waals surface area contributed by atoms with Gasteiger partial charge >= 0.3 is 0 Å². The van der Waals surface area contributed by atoms with Gasteiger partial charge in [-0.05, 0) is 18.6 Å². The van der Waals surface area contributed by atoms with Gasteiger partial charge in [0.05, 0.1) is 6.61 Å². The van der Waals surface area contributed by atoms with Crippen molar-refractivity contribution < 1.29 is 9.13 Å². The third-order valence-corrected chi connectivity index (χ3v) is 3.04. The molecule has 0 saturated carbocycles. The molecular weight excluding hydrogens is 229 g/mol. The molecule has 0 heterocycles. The van der Waals surface area contributed by atoms with Crippen molar-refractivity contribution in [1.82, 2.24) is 0 Å². The maximum Gasteiger partial charge on any atom is 0.130 e. The molecule has 2 N–H and O–H groups in total. The van der Waals surface area contributed by atoms with Gasteiger partial charge < -0.3 is 10.5 Å². The van der Waals surface area contributed by atoms with E-state index in [1.165, 1.54) is 38.2 Å². The van der Waals surface area contributed by atoms with E-state index in [2.05, 4.69) is 6.92 Å². The number of hydrogen-bond donors (Lipinski definition) is 1. The summed E-state index contributed by atoms with van der Waals surface area (Å²) in [5.74, 6) is -0.280. The van der Waals surface area contributed by atoms with E-state index in [0.717, 1.165) is 6.42 Å². The van der Waals surface area contributed by atoms with E-state index < -0.39 is 0 Å². The Balaban J connectivity index is 2.11. The van der Waals surface area contributed by atoms with Crippen LogP contribution in [-0.2, 0) is 11.3 Å². The normalized spacial score (nSPS) is 10.8. The Labute approximate surface area is 109 Å². The van der Waals surface area contributed by atoms with Crippen LogP contribution in [0.1, 0.15) is 51.0 Å². The summed E-state index contributed by atoms with van der Waals surface area (Å²) in [6.45, 7) is 3.16. The second kappa shape index (κ2) is 8.92. The lowest BCUT2D eigenvalue weighted by Gasteiger charge is -2.08. The van der Waals surface area contributed by atoms with Gasteiger partial charge in [-0.25, -0.2) is 4.39 Å². The Morgan fingerprint density at radius 1 is 1.11 bits per heavy atom. The molecule has 2 nitrogen and oxygen atoms in total. The zero-order chi connectivity index (χ0) is 13.2. The molecule has 0 saturated heterocycles. The van der Waals surface area contributed by atoms with Crippen molar-refractivity contribution in [2.75, 3.05) is 12.3 Å². The van der Waals surface area contributed by atoms with E-state index in [1.54, 1.807) is 12.1 Å². The van der Waals surface area contributed by atoms with Crippen molar-refractivity contribution in [3.05, 3.63) is 29.6 Å². The number of anilines is 1. The molecule has 0 bridgehead atoms. The van der Waals surface area contributed by atoms with Crippen LogP contribution in [0.25, 0.3) is 0 Å². The van der Waals surface area contributed by atoms with Gasteiger partial charge in [0.2, 0.25) is 0 Å². The summed E-state index contributed by atoms with van der Waals surface area (Å²) >= 11 is 0. The predicted octanol–water partition coefficient (Wildman–Crippen LogP) is 4.29. The summed E-state index contributed by atoms with van der Waals surface area (Å²) in [7, 11) is 0. The number of benzene rings is 1. The van der Waals surface area contributed by atoms with Crippen LogP contribution in [0.2, 0.25) is 0 Å². The van der Waals surface area contributed by atoms with Crippen LogP contribution in [-0.4, -0.2) is 6.61 Å². The summed E-state index contributed by atoms with van der Waals surface area (Å²) in [4.78, 5) is 0. The third kappa shape index (κ3) is 5.50. The molecule has 0 fully saturated rings. The first kappa shape index (κ1) is 15.0. The highest BCUT2D eigenvalue weighted by Crippen LogP contribution is 2.16. The quantitative estimate of drug-likeness (QED) is 0.526. The fourth-order valence-corrected chi connectivity index (χ4v) is 1.89. The zero-order valence-electron chi connectivity index (χ0n) is 11.3. The number of rotatable bonds is 9. The number of ether oxygens (including phenoxy) is 1. The van der Waals surface area contributed by atoms with E-state index in [4.69, 9.17) is 10.5 Å². The van der Waals surface area contributed by atoms with E-state index in [9.17, 15) is 4.39 Å². The molecule has 0 aliphatic heterocycles. The Bertz CT molecular complexity index is 321. The number of nitrogens with two attached hydrogens (primary N) is 1. The fraction of sp³-hybridized carbons (Fsp3) is 0.600. The lowest BCUT2D eigenvalue weighted by atomic mass is 10.1. The second-order valence-electron chi connectivity index (χ2n) is 4.63. The van der Waals surface area contributed by atoms with Gasteiger partial charge in [-0.15, -0.1) is 0 Å². The Hall–Kier alpha value is -1.09. The van der Waals surface area contributed by atoms with Crippen LogP contribution in [0, 0.1) is 5.82 Å². The van der Waals surface area contributed by atoms with Crippen LogP contribution in [0.15, 0.2) is 18.2 Å². The summed E-state index contributed by atoms with van der Waals surface area (Å²) < 4.78 is 18.9. The van der Waals surface area contributed by atoms with Crippen LogP contribution >= 0.6 is 0 Å². The molecule has 0 unspecified atom stereocenters. The van der Waals surface area contributed by atoms with Crippen molar-refractivity contribution in [1.29, 1.82) is 0 Å². The summed E-state index contributed by atoms with van der Waals surface area (Å²) in [6, 6.07) is 4.73. The molecule has 3 heteroatoms. The van der Waals surface area contributed by atoms with E-state index in [-0.39, 0.29) is 12.4 Å². The van der Waals surface area contributed by atoms with Crippen molar-refractivity contribution >= 4 is 5.69 Å². The summed E-state index contributed by atoms with van der Waals surface area (Å²) in [6.07, 6.45) is 7.37. The van der Waals surface area contributed by atoms with E-state index in [1.807, 2.05) is 0 Å². The van der Waals surface area contributed by atoms with Crippen molar-refractivity contribution in [2.24, 2.45) is 0 Å². The second-order valence-corrected chi connectivity index (χ2v) is 4.63. The van der Waals surface area contributed by atoms with Crippen LogP contribution < -0.4 is 5.73 Å². The molecule has 0 aliphatic carbocycles. The van der Waals surface area contributed by atoms with Crippen LogP contribution in [0.5, 0.6) is 0 Å². The topological polar surface area (TPSA) is 35.2 Å². The van der Waals surface area contributed by atoms with Gasteiger partial charge in [0, 0.05) is 17.9 Å². The zero-order valence-corrected chi connectivity index (χ0v) is 11.3. The van der Waals surface area contributed by atoms with Crippen molar-refractivity contribution in [3.8, 4) is 0 Å². The molecular formula is C15H24FNO. The van der Waals surface area contributed by atoms with Gasteiger partial charge in [0.25, 0.3) is 0 Å². The third-order valence-electron chi connectivity index (χ3n) is 3.04. The van der Waals surface area contributed by atoms with Crippen LogP contribution in [0.3, 0.4) is 0 Å². The molecule has 0 aliphatic rings. The number of halogens is 1. The molecule has 1 aromatic rings. The van der Waals surface area contributed by atoms with Gasteiger partial charge in [0.15, 0.2) is 0 Å². The van der Waals surface area contributed by atoms with Crippen molar-refractivity contribution in [3.63, 3.8) is 0 Å². The molecule has 0 amide bonds. The molecule has 0 atom stereocenters. The molecule has 0 aromatic heterocycles. The highest BCUT2D eigenvalue weighted by atomic mass is 19.1. The van der Waals surface area contributed by atoms with Gasteiger partial charge in [-0.3, -0.25) is 0 Å². The number of hydrogen-bond acceptors (Lipinski definition) is 2. The molecule has 1 aromatic carbocycles. The number of nitrogen functional groups attached to an aromatic ring is 1. The number of unbranched alkanes of at least 4 members (excludes halogenated alkanes) is 5. The SMILES string of the molecule is CCCCCCCCOCc1c(N)cccc1F.